The molecule has 0 saturated carbocycles. The minimum absolute atomic E-state index is 0.0281. The van der Waals surface area contributed by atoms with Crippen molar-refractivity contribution in [1.82, 2.24) is 5.32 Å². The molecule has 21 heavy (non-hydrogen) atoms. The summed E-state index contributed by atoms with van der Waals surface area (Å²) in [7, 11) is 0. The number of aromatic carboxylic acids is 1. The maximum Gasteiger partial charge on any atom is 0.337 e. The molecule has 116 valence electrons. The van der Waals surface area contributed by atoms with Gasteiger partial charge in [-0.2, -0.15) is 0 Å². The fourth-order valence-electron chi connectivity index (χ4n) is 2.02. The summed E-state index contributed by atoms with van der Waals surface area (Å²) in [5.41, 5.74) is 0.327. The summed E-state index contributed by atoms with van der Waals surface area (Å²) in [5, 5.41) is 14.5. The Bertz CT molecular complexity index is 520. The highest BCUT2D eigenvalue weighted by Crippen LogP contribution is 2.21. The van der Waals surface area contributed by atoms with E-state index in [1.54, 1.807) is 12.1 Å². The van der Waals surface area contributed by atoms with E-state index in [1.165, 1.54) is 6.07 Å². The van der Waals surface area contributed by atoms with Crippen LogP contribution in [-0.4, -0.2) is 23.1 Å². The van der Waals surface area contributed by atoms with Crippen molar-refractivity contribution in [2.45, 2.75) is 39.7 Å². The fraction of sp³-hybridized carbons (Fsp3) is 0.467. The summed E-state index contributed by atoms with van der Waals surface area (Å²) in [6, 6.07) is 4.28. The molecule has 2 unspecified atom stereocenters. The Morgan fingerprint density at radius 3 is 2.57 bits per heavy atom. The zero-order chi connectivity index (χ0) is 16.0. The summed E-state index contributed by atoms with van der Waals surface area (Å²) in [6.45, 7) is 6.18. The number of anilines is 1. The number of rotatable bonds is 6. The van der Waals surface area contributed by atoms with Crippen molar-refractivity contribution < 1.29 is 14.7 Å². The molecule has 1 aromatic rings. The number of nitrogens with one attached hydrogen (secondary N) is 2. The standard InChI is InChI=1S/C15H21BrN2O3/c1-4-9(2)7-10(3)17-15(21)18-13-8-11(16)5-6-12(13)14(19)20/h5-6,8-10H,4,7H2,1-3H3,(H,19,20)(H2,17,18,21). The van der Waals surface area contributed by atoms with E-state index in [-0.39, 0.29) is 17.3 Å². The minimum atomic E-state index is -1.08. The smallest absolute Gasteiger partial charge is 0.337 e. The number of carbonyl (C=O) groups is 2. The van der Waals surface area contributed by atoms with Crippen molar-refractivity contribution in [1.29, 1.82) is 0 Å². The van der Waals surface area contributed by atoms with Gasteiger partial charge in [0.15, 0.2) is 0 Å². The Labute approximate surface area is 133 Å². The van der Waals surface area contributed by atoms with Gasteiger partial charge in [-0.1, -0.05) is 36.2 Å². The zero-order valence-electron chi connectivity index (χ0n) is 12.4. The number of carbonyl (C=O) groups excluding carboxylic acids is 1. The van der Waals surface area contributed by atoms with E-state index < -0.39 is 12.0 Å². The van der Waals surface area contributed by atoms with Gasteiger partial charge in [0.25, 0.3) is 0 Å². The van der Waals surface area contributed by atoms with Gasteiger partial charge in [-0.25, -0.2) is 9.59 Å². The van der Waals surface area contributed by atoms with Crippen molar-refractivity contribution in [2.75, 3.05) is 5.32 Å². The van der Waals surface area contributed by atoms with Crippen molar-refractivity contribution in [3.8, 4) is 0 Å². The second kappa shape index (κ2) is 8.02. The molecule has 0 aromatic heterocycles. The van der Waals surface area contributed by atoms with Crippen molar-refractivity contribution in [2.24, 2.45) is 5.92 Å². The summed E-state index contributed by atoms with van der Waals surface area (Å²) in [4.78, 5) is 23.1. The average Bonchev–Trinajstić information content (AvgIpc) is 2.37. The molecule has 0 aliphatic rings. The number of urea groups is 1. The lowest BCUT2D eigenvalue weighted by molar-refractivity contribution is 0.0698. The zero-order valence-corrected chi connectivity index (χ0v) is 14.0. The number of halogens is 1. The van der Waals surface area contributed by atoms with Crippen molar-refractivity contribution in [3.63, 3.8) is 0 Å². The van der Waals surface area contributed by atoms with Crippen molar-refractivity contribution in [3.05, 3.63) is 28.2 Å². The summed E-state index contributed by atoms with van der Waals surface area (Å²) < 4.78 is 0.704. The van der Waals surface area contributed by atoms with Gasteiger partial charge in [0.1, 0.15) is 0 Å². The van der Waals surface area contributed by atoms with E-state index in [1.807, 2.05) is 6.92 Å². The van der Waals surface area contributed by atoms with Crippen LogP contribution >= 0.6 is 15.9 Å². The molecule has 0 aliphatic heterocycles. The number of carboxylic acid groups (broad SMARTS) is 1. The summed E-state index contributed by atoms with van der Waals surface area (Å²) >= 11 is 3.26. The molecule has 2 atom stereocenters. The van der Waals surface area contributed by atoms with Gasteiger partial charge < -0.3 is 15.7 Å². The first-order valence-electron chi connectivity index (χ1n) is 6.93. The maximum atomic E-state index is 11.9. The van der Waals surface area contributed by atoms with Crippen LogP contribution in [0.4, 0.5) is 10.5 Å². The average molecular weight is 357 g/mol. The molecule has 5 nitrogen and oxygen atoms in total. The van der Waals surface area contributed by atoms with Crippen LogP contribution in [0.2, 0.25) is 0 Å². The van der Waals surface area contributed by atoms with Crippen LogP contribution in [-0.2, 0) is 0 Å². The molecular formula is C15H21BrN2O3. The third-order valence-electron chi connectivity index (χ3n) is 3.29. The molecule has 1 aromatic carbocycles. The molecule has 2 amide bonds. The highest BCUT2D eigenvalue weighted by molar-refractivity contribution is 9.10. The first-order valence-corrected chi connectivity index (χ1v) is 7.73. The lowest BCUT2D eigenvalue weighted by Crippen LogP contribution is -2.37. The Kier molecular flexibility index (Phi) is 6.68. The predicted molar refractivity (Wildman–Crippen MR) is 86.8 cm³/mol. The topological polar surface area (TPSA) is 78.4 Å². The Morgan fingerprint density at radius 2 is 2.00 bits per heavy atom. The van der Waals surface area contributed by atoms with Gasteiger partial charge in [-0.15, -0.1) is 0 Å². The highest BCUT2D eigenvalue weighted by Gasteiger charge is 2.15. The first kappa shape index (κ1) is 17.5. The van der Waals surface area contributed by atoms with Crippen LogP contribution in [0.25, 0.3) is 0 Å². The summed E-state index contributed by atoms with van der Waals surface area (Å²) in [5.74, 6) is -0.550. The van der Waals surface area contributed by atoms with Crippen LogP contribution in [0, 0.1) is 5.92 Å². The molecular weight excluding hydrogens is 336 g/mol. The third kappa shape index (κ3) is 5.75. The van der Waals surface area contributed by atoms with E-state index in [0.717, 1.165) is 12.8 Å². The third-order valence-corrected chi connectivity index (χ3v) is 3.78. The molecule has 3 N–H and O–H groups in total. The lowest BCUT2D eigenvalue weighted by Gasteiger charge is -2.18. The molecule has 0 radical (unpaired) electrons. The SMILES string of the molecule is CCC(C)CC(C)NC(=O)Nc1cc(Br)ccc1C(=O)O. The molecule has 6 heteroatoms. The molecule has 0 saturated heterocycles. The summed E-state index contributed by atoms with van der Waals surface area (Å²) in [6.07, 6.45) is 1.94. The quantitative estimate of drug-likeness (QED) is 0.717. The minimum Gasteiger partial charge on any atom is -0.478 e. The van der Waals surface area contributed by atoms with Crippen LogP contribution in [0.15, 0.2) is 22.7 Å². The van der Waals surface area contributed by atoms with E-state index in [2.05, 4.69) is 40.4 Å². The van der Waals surface area contributed by atoms with Gasteiger partial charge in [-0.05, 0) is 37.5 Å². The van der Waals surface area contributed by atoms with E-state index in [4.69, 9.17) is 5.11 Å². The Balaban J connectivity index is 2.70. The van der Waals surface area contributed by atoms with Gasteiger partial charge in [0.05, 0.1) is 11.3 Å². The Morgan fingerprint density at radius 1 is 1.33 bits per heavy atom. The lowest BCUT2D eigenvalue weighted by atomic mass is 10.0. The van der Waals surface area contributed by atoms with E-state index >= 15 is 0 Å². The number of hydrogen-bond donors (Lipinski definition) is 3. The second-order valence-corrected chi connectivity index (χ2v) is 6.16. The predicted octanol–water partition coefficient (Wildman–Crippen LogP) is 4.09. The fourth-order valence-corrected chi connectivity index (χ4v) is 2.38. The van der Waals surface area contributed by atoms with Crippen LogP contribution in [0.1, 0.15) is 44.0 Å². The normalized spacial score (nSPS) is 13.3. The van der Waals surface area contributed by atoms with Crippen LogP contribution in [0.5, 0.6) is 0 Å². The molecule has 0 spiro atoms. The van der Waals surface area contributed by atoms with E-state index in [9.17, 15) is 9.59 Å². The van der Waals surface area contributed by atoms with Gasteiger partial charge in [0.2, 0.25) is 0 Å². The number of hydrogen-bond acceptors (Lipinski definition) is 2. The molecule has 0 bridgehead atoms. The highest BCUT2D eigenvalue weighted by atomic mass is 79.9. The van der Waals surface area contributed by atoms with Crippen molar-refractivity contribution >= 4 is 33.6 Å². The molecule has 0 aliphatic carbocycles. The number of carboxylic acids is 1. The molecule has 0 heterocycles. The second-order valence-electron chi connectivity index (χ2n) is 5.24. The van der Waals surface area contributed by atoms with Gasteiger partial charge in [-0.3, -0.25) is 0 Å². The maximum absolute atomic E-state index is 11.9. The monoisotopic (exact) mass is 356 g/mol. The largest absolute Gasteiger partial charge is 0.478 e. The number of benzene rings is 1. The van der Waals surface area contributed by atoms with E-state index in [0.29, 0.717) is 10.4 Å². The van der Waals surface area contributed by atoms with Gasteiger partial charge in [0, 0.05) is 10.5 Å². The van der Waals surface area contributed by atoms with Crippen LogP contribution in [0.3, 0.4) is 0 Å². The number of amides is 2. The molecule has 1 rings (SSSR count). The Hall–Kier alpha value is -1.56. The van der Waals surface area contributed by atoms with Crippen LogP contribution < -0.4 is 10.6 Å². The van der Waals surface area contributed by atoms with Gasteiger partial charge >= 0.3 is 12.0 Å². The first-order chi connectivity index (χ1) is 9.83. The molecule has 0 fully saturated rings.